The Morgan fingerprint density at radius 2 is 2.10 bits per heavy atom. The van der Waals surface area contributed by atoms with E-state index < -0.39 is 6.10 Å². The number of rotatable bonds is 4. The first-order valence-electron chi connectivity index (χ1n) is 7.86. The minimum atomic E-state index is -0.503. The maximum Gasteiger partial charge on any atom is 0.317 e. The molecule has 4 atom stereocenters. The molecule has 0 radical (unpaired) electrons. The summed E-state index contributed by atoms with van der Waals surface area (Å²) in [6, 6.07) is 0.251. The lowest BCUT2D eigenvalue weighted by molar-refractivity contribution is 0.0523. The van der Waals surface area contributed by atoms with Gasteiger partial charge in [-0.3, -0.25) is 0 Å². The van der Waals surface area contributed by atoms with E-state index in [4.69, 9.17) is 4.74 Å². The molecule has 5 nitrogen and oxygen atoms in total. The minimum Gasteiger partial charge on any atom is -0.392 e. The highest BCUT2D eigenvalue weighted by Crippen LogP contribution is 2.34. The molecule has 0 aromatic heterocycles. The van der Waals surface area contributed by atoms with E-state index >= 15 is 0 Å². The summed E-state index contributed by atoms with van der Waals surface area (Å²) < 4.78 is 5.74. The number of hydrogen-bond donors (Lipinski definition) is 2. The van der Waals surface area contributed by atoms with Crippen LogP contribution in [0.3, 0.4) is 0 Å². The summed E-state index contributed by atoms with van der Waals surface area (Å²) in [7, 11) is 0. The molecule has 2 fully saturated rings. The summed E-state index contributed by atoms with van der Waals surface area (Å²) >= 11 is 0. The number of amides is 2. The van der Waals surface area contributed by atoms with Gasteiger partial charge in [0.15, 0.2) is 0 Å². The molecule has 116 valence electrons. The molecular weight excluding hydrogens is 256 g/mol. The molecule has 0 spiro atoms. The van der Waals surface area contributed by atoms with Gasteiger partial charge in [-0.05, 0) is 46.5 Å². The van der Waals surface area contributed by atoms with Crippen molar-refractivity contribution in [3.63, 3.8) is 0 Å². The molecule has 1 saturated carbocycles. The van der Waals surface area contributed by atoms with Gasteiger partial charge in [-0.15, -0.1) is 0 Å². The van der Waals surface area contributed by atoms with Gasteiger partial charge in [0.05, 0.1) is 12.2 Å². The Morgan fingerprint density at radius 1 is 1.35 bits per heavy atom. The highest BCUT2D eigenvalue weighted by Gasteiger charge is 2.38. The molecule has 0 aromatic carbocycles. The second-order valence-electron chi connectivity index (χ2n) is 6.44. The maximum atomic E-state index is 12.4. The summed E-state index contributed by atoms with van der Waals surface area (Å²) in [6.45, 7) is 6.86. The average Bonchev–Trinajstić information content (AvgIpc) is 2.84. The molecule has 2 rings (SSSR count). The smallest absolute Gasteiger partial charge is 0.317 e. The van der Waals surface area contributed by atoms with Crippen LogP contribution < -0.4 is 5.32 Å². The molecule has 0 aromatic rings. The normalized spacial score (nSPS) is 30.9. The Kier molecular flexibility index (Phi) is 5.27. The second kappa shape index (κ2) is 6.76. The van der Waals surface area contributed by atoms with Gasteiger partial charge in [-0.25, -0.2) is 4.79 Å². The third-order valence-electron chi connectivity index (χ3n) is 4.44. The van der Waals surface area contributed by atoms with E-state index in [0.717, 1.165) is 32.3 Å². The van der Waals surface area contributed by atoms with Crippen LogP contribution in [0.1, 0.15) is 46.5 Å². The van der Waals surface area contributed by atoms with Crippen LogP contribution in [0.2, 0.25) is 0 Å². The van der Waals surface area contributed by atoms with Crippen molar-refractivity contribution in [1.29, 1.82) is 0 Å². The monoisotopic (exact) mass is 284 g/mol. The first kappa shape index (κ1) is 15.6. The third-order valence-corrected chi connectivity index (χ3v) is 4.44. The van der Waals surface area contributed by atoms with Crippen LogP contribution in [0.4, 0.5) is 4.79 Å². The Labute approximate surface area is 121 Å². The van der Waals surface area contributed by atoms with E-state index in [1.54, 1.807) is 11.8 Å². The number of urea groups is 1. The van der Waals surface area contributed by atoms with Crippen molar-refractivity contribution in [3.8, 4) is 0 Å². The van der Waals surface area contributed by atoms with Crippen molar-refractivity contribution in [2.75, 3.05) is 13.2 Å². The molecular formula is C15H28N2O3. The van der Waals surface area contributed by atoms with Gasteiger partial charge in [-0.1, -0.05) is 0 Å². The number of hydrogen-bond acceptors (Lipinski definition) is 3. The molecule has 0 bridgehead atoms. The Balaban J connectivity index is 1.94. The zero-order valence-corrected chi connectivity index (χ0v) is 12.8. The first-order valence-corrected chi connectivity index (χ1v) is 7.86. The number of nitrogens with zero attached hydrogens (tertiary/aromatic N) is 1. The Hall–Kier alpha value is -0.810. The van der Waals surface area contributed by atoms with E-state index in [0.29, 0.717) is 18.6 Å². The van der Waals surface area contributed by atoms with Crippen LogP contribution in [0.25, 0.3) is 0 Å². The fourth-order valence-corrected chi connectivity index (χ4v) is 3.41. The summed E-state index contributed by atoms with van der Waals surface area (Å²) in [5, 5.41) is 12.7. The fraction of sp³-hybridized carbons (Fsp3) is 0.933. The summed E-state index contributed by atoms with van der Waals surface area (Å²) in [5.74, 6) is 0.466. The van der Waals surface area contributed by atoms with Crippen molar-refractivity contribution in [1.82, 2.24) is 10.2 Å². The number of nitrogens with one attached hydrogen (secondary N) is 1. The van der Waals surface area contributed by atoms with Crippen LogP contribution in [-0.4, -0.2) is 53.5 Å². The standard InChI is InChI=1S/C15H28N2O3/c1-10(2)17(9-11(3)18)15(19)16-13-5-4-6-14-12(13)7-8-20-14/h10-14,18H,4-9H2,1-3H3,(H,16,19). The van der Waals surface area contributed by atoms with Crippen LogP contribution in [-0.2, 0) is 4.74 Å². The molecule has 2 amide bonds. The zero-order valence-electron chi connectivity index (χ0n) is 12.8. The molecule has 20 heavy (non-hydrogen) atoms. The number of carbonyl (C=O) groups is 1. The molecule has 2 aliphatic rings. The van der Waals surface area contributed by atoms with Gasteiger partial charge in [0.1, 0.15) is 0 Å². The zero-order chi connectivity index (χ0) is 14.7. The van der Waals surface area contributed by atoms with Crippen LogP contribution >= 0.6 is 0 Å². The van der Waals surface area contributed by atoms with Gasteiger partial charge in [-0.2, -0.15) is 0 Å². The lowest BCUT2D eigenvalue weighted by Gasteiger charge is -2.36. The van der Waals surface area contributed by atoms with Gasteiger partial charge in [0, 0.05) is 31.2 Å². The Bertz CT molecular complexity index is 333. The summed E-state index contributed by atoms with van der Waals surface area (Å²) in [5.41, 5.74) is 0. The predicted octanol–water partition coefficient (Wildman–Crippen LogP) is 1.74. The van der Waals surface area contributed by atoms with E-state index in [2.05, 4.69) is 5.32 Å². The third kappa shape index (κ3) is 3.64. The van der Waals surface area contributed by atoms with Gasteiger partial charge < -0.3 is 20.1 Å². The van der Waals surface area contributed by atoms with Crippen LogP contribution in [0.5, 0.6) is 0 Å². The molecule has 1 heterocycles. The molecule has 4 unspecified atom stereocenters. The second-order valence-corrected chi connectivity index (χ2v) is 6.44. The molecule has 5 heteroatoms. The molecule has 2 N–H and O–H groups in total. The first-order chi connectivity index (χ1) is 9.49. The van der Waals surface area contributed by atoms with Gasteiger partial charge in [0.2, 0.25) is 0 Å². The van der Waals surface area contributed by atoms with Crippen molar-refractivity contribution in [2.45, 2.75) is 70.7 Å². The largest absolute Gasteiger partial charge is 0.392 e. The summed E-state index contributed by atoms with van der Waals surface area (Å²) in [4.78, 5) is 14.2. The van der Waals surface area contributed by atoms with Crippen LogP contribution in [0.15, 0.2) is 0 Å². The average molecular weight is 284 g/mol. The predicted molar refractivity (Wildman–Crippen MR) is 77.5 cm³/mol. The molecule has 1 saturated heterocycles. The quantitative estimate of drug-likeness (QED) is 0.826. The van der Waals surface area contributed by atoms with Crippen molar-refractivity contribution >= 4 is 6.03 Å². The number of ether oxygens (including phenoxy) is 1. The summed E-state index contributed by atoms with van der Waals surface area (Å²) in [6.07, 6.45) is 4.16. The molecule has 1 aliphatic heterocycles. The van der Waals surface area contributed by atoms with Gasteiger partial charge in [0.25, 0.3) is 0 Å². The number of carbonyl (C=O) groups excluding carboxylic acids is 1. The SMILES string of the molecule is CC(O)CN(C(=O)NC1CCCC2OCCC12)C(C)C. The van der Waals surface area contributed by atoms with E-state index in [-0.39, 0.29) is 18.1 Å². The molecule has 1 aliphatic carbocycles. The van der Waals surface area contributed by atoms with E-state index in [9.17, 15) is 9.90 Å². The lowest BCUT2D eigenvalue weighted by Crippen LogP contribution is -2.53. The Morgan fingerprint density at radius 3 is 2.75 bits per heavy atom. The minimum absolute atomic E-state index is 0.0570. The maximum absolute atomic E-state index is 12.4. The number of fused-ring (bicyclic) bond motifs is 1. The van der Waals surface area contributed by atoms with Crippen molar-refractivity contribution in [2.24, 2.45) is 5.92 Å². The highest BCUT2D eigenvalue weighted by molar-refractivity contribution is 5.75. The number of aliphatic hydroxyl groups excluding tert-OH is 1. The highest BCUT2D eigenvalue weighted by atomic mass is 16.5. The van der Waals surface area contributed by atoms with E-state index in [1.165, 1.54) is 0 Å². The van der Waals surface area contributed by atoms with E-state index in [1.807, 2.05) is 13.8 Å². The lowest BCUT2D eigenvalue weighted by atomic mass is 9.82. The fourth-order valence-electron chi connectivity index (χ4n) is 3.41. The number of aliphatic hydroxyl groups is 1. The van der Waals surface area contributed by atoms with Gasteiger partial charge >= 0.3 is 6.03 Å². The van der Waals surface area contributed by atoms with Crippen LogP contribution in [0, 0.1) is 5.92 Å². The van der Waals surface area contributed by atoms with Crippen molar-refractivity contribution in [3.05, 3.63) is 0 Å². The van der Waals surface area contributed by atoms with Crippen molar-refractivity contribution < 1.29 is 14.6 Å². The topological polar surface area (TPSA) is 61.8 Å².